The molecule has 0 N–H and O–H groups in total. The van der Waals surface area contributed by atoms with Gasteiger partial charge in [-0.3, -0.25) is 4.79 Å². The lowest BCUT2D eigenvalue weighted by molar-refractivity contribution is -0.124. The first-order valence-corrected chi connectivity index (χ1v) is 5.11. The summed E-state index contributed by atoms with van der Waals surface area (Å²) in [5.41, 5.74) is 1.76. The number of rotatable bonds is 1. The maximum absolute atomic E-state index is 11.8. The normalized spacial score (nSPS) is 25.7. The van der Waals surface area contributed by atoms with Gasteiger partial charge in [0.05, 0.1) is 12.2 Å². The predicted octanol–water partition coefficient (Wildman–Crippen LogP) is 2.87. The van der Waals surface area contributed by atoms with Crippen LogP contribution in [0.4, 0.5) is 0 Å². The molecule has 78 valence electrons. The second-order valence-corrected chi connectivity index (χ2v) is 3.92. The average Bonchev–Trinajstić information content (AvgIpc) is 2.27. The van der Waals surface area contributed by atoms with E-state index in [-0.39, 0.29) is 17.8 Å². The molecule has 0 saturated heterocycles. The third kappa shape index (κ3) is 1.80. The molecule has 2 rings (SSSR count). The first kappa shape index (κ1) is 9.97. The third-order valence-corrected chi connectivity index (χ3v) is 2.78. The van der Waals surface area contributed by atoms with Crippen molar-refractivity contribution in [3.05, 3.63) is 47.7 Å². The van der Waals surface area contributed by atoms with Crippen LogP contribution >= 0.6 is 0 Å². The minimum Gasteiger partial charge on any atom is -0.492 e. The number of allylic oxidation sites excluding steroid dienone is 1. The molecule has 0 radical (unpaired) electrons. The van der Waals surface area contributed by atoms with Crippen LogP contribution in [0, 0.1) is 5.92 Å². The first-order chi connectivity index (χ1) is 7.20. The monoisotopic (exact) mass is 202 g/mol. The summed E-state index contributed by atoms with van der Waals surface area (Å²) in [6, 6.07) is 9.86. The summed E-state index contributed by atoms with van der Waals surface area (Å²) < 4.78 is 5.58. The molecule has 0 bridgehead atoms. The van der Waals surface area contributed by atoms with E-state index >= 15 is 0 Å². The molecular formula is C13H14O2. The summed E-state index contributed by atoms with van der Waals surface area (Å²) in [6.07, 6.45) is 1.43. The quantitative estimate of drug-likeness (QED) is 0.700. The molecule has 0 amide bonds. The number of carbonyl (C=O) groups excluding carboxylic acids is 1. The van der Waals surface area contributed by atoms with Crippen molar-refractivity contribution in [2.24, 2.45) is 5.92 Å². The van der Waals surface area contributed by atoms with Gasteiger partial charge in [-0.25, -0.2) is 0 Å². The Morgan fingerprint density at radius 3 is 2.53 bits per heavy atom. The number of hydrogen-bond acceptors (Lipinski definition) is 2. The van der Waals surface area contributed by atoms with Gasteiger partial charge in [0.1, 0.15) is 6.10 Å². The smallest absolute Gasteiger partial charge is 0.168 e. The van der Waals surface area contributed by atoms with Crippen LogP contribution in [0.5, 0.6) is 0 Å². The summed E-state index contributed by atoms with van der Waals surface area (Å²) in [6.45, 7) is 3.70. The molecule has 0 spiro atoms. The first-order valence-electron chi connectivity index (χ1n) is 5.11. The fraction of sp³-hybridized carbons (Fsp3) is 0.308. The highest BCUT2D eigenvalue weighted by molar-refractivity contribution is 5.97. The van der Waals surface area contributed by atoms with Gasteiger partial charge >= 0.3 is 0 Å². The highest BCUT2D eigenvalue weighted by Crippen LogP contribution is 2.32. The maximum atomic E-state index is 11.8. The fourth-order valence-electron chi connectivity index (χ4n) is 1.86. The zero-order valence-electron chi connectivity index (χ0n) is 8.94. The Labute approximate surface area is 89.6 Å². The predicted molar refractivity (Wildman–Crippen MR) is 58.2 cm³/mol. The summed E-state index contributed by atoms with van der Waals surface area (Å²) in [5, 5.41) is 0. The SMILES string of the molecule is CC1=CO[C@@H](c2ccccc2)[C@H](C)C1=O. The van der Waals surface area contributed by atoms with E-state index in [4.69, 9.17) is 4.74 Å². The van der Waals surface area contributed by atoms with Crippen LogP contribution in [0.3, 0.4) is 0 Å². The van der Waals surface area contributed by atoms with Crippen molar-refractivity contribution in [1.29, 1.82) is 0 Å². The van der Waals surface area contributed by atoms with Gasteiger partial charge < -0.3 is 4.74 Å². The minimum atomic E-state index is -0.137. The van der Waals surface area contributed by atoms with Crippen molar-refractivity contribution in [3.8, 4) is 0 Å². The molecule has 0 aromatic heterocycles. The Hall–Kier alpha value is -1.57. The van der Waals surface area contributed by atoms with Gasteiger partial charge in [-0.05, 0) is 12.5 Å². The maximum Gasteiger partial charge on any atom is 0.168 e. The van der Waals surface area contributed by atoms with Crippen molar-refractivity contribution in [1.82, 2.24) is 0 Å². The molecule has 1 aromatic carbocycles. The number of ketones is 1. The lowest BCUT2D eigenvalue weighted by atomic mass is 9.89. The van der Waals surface area contributed by atoms with Crippen LogP contribution in [0.2, 0.25) is 0 Å². The molecule has 2 heteroatoms. The molecule has 0 saturated carbocycles. The van der Waals surface area contributed by atoms with E-state index in [0.717, 1.165) is 5.56 Å². The van der Waals surface area contributed by atoms with Crippen LogP contribution in [0.25, 0.3) is 0 Å². The summed E-state index contributed by atoms with van der Waals surface area (Å²) in [4.78, 5) is 11.8. The molecule has 0 unspecified atom stereocenters. The van der Waals surface area contributed by atoms with E-state index in [0.29, 0.717) is 5.57 Å². The van der Waals surface area contributed by atoms with Crippen molar-refractivity contribution in [3.63, 3.8) is 0 Å². The van der Waals surface area contributed by atoms with Crippen LogP contribution in [0.15, 0.2) is 42.2 Å². The number of carbonyl (C=O) groups is 1. The van der Waals surface area contributed by atoms with Crippen molar-refractivity contribution < 1.29 is 9.53 Å². The van der Waals surface area contributed by atoms with Gasteiger partial charge in [-0.15, -0.1) is 0 Å². The van der Waals surface area contributed by atoms with E-state index in [9.17, 15) is 4.79 Å². The van der Waals surface area contributed by atoms with Gasteiger partial charge in [-0.2, -0.15) is 0 Å². The highest BCUT2D eigenvalue weighted by Gasteiger charge is 2.30. The van der Waals surface area contributed by atoms with Gasteiger partial charge in [0.25, 0.3) is 0 Å². The summed E-state index contributed by atoms with van der Waals surface area (Å²) in [5.74, 6) is 0.0764. The van der Waals surface area contributed by atoms with Crippen LogP contribution in [-0.2, 0) is 9.53 Å². The Kier molecular flexibility index (Phi) is 2.58. The van der Waals surface area contributed by atoms with E-state index in [2.05, 4.69) is 0 Å². The Balaban J connectivity index is 2.30. The Morgan fingerprint density at radius 1 is 1.20 bits per heavy atom. The van der Waals surface area contributed by atoms with Crippen molar-refractivity contribution >= 4 is 5.78 Å². The second-order valence-electron chi connectivity index (χ2n) is 3.92. The molecule has 1 aromatic rings. The molecule has 15 heavy (non-hydrogen) atoms. The fourth-order valence-corrected chi connectivity index (χ4v) is 1.86. The number of ether oxygens (including phenoxy) is 1. The minimum absolute atomic E-state index is 0.0996. The number of benzene rings is 1. The van der Waals surface area contributed by atoms with Crippen molar-refractivity contribution in [2.45, 2.75) is 20.0 Å². The van der Waals surface area contributed by atoms with E-state index < -0.39 is 0 Å². The van der Waals surface area contributed by atoms with Crippen molar-refractivity contribution in [2.75, 3.05) is 0 Å². The van der Waals surface area contributed by atoms with Crippen LogP contribution in [-0.4, -0.2) is 5.78 Å². The van der Waals surface area contributed by atoms with Gasteiger partial charge in [0, 0.05) is 5.57 Å². The summed E-state index contributed by atoms with van der Waals surface area (Å²) >= 11 is 0. The molecule has 1 aliphatic heterocycles. The van der Waals surface area contributed by atoms with E-state index in [1.54, 1.807) is 13.2 Å². The molecule has 1 aliphatic rings. The second kappa shape index (κ2) is 3.89. The zero-order valence-corrected chi connectivity index (χ0v) is 8.94. The molecule has 2 atom stereocenters. The topological polar surface area (TPSA) is 26.3 Å². The largest absolute Gasteiger partial charge is 0.492 e. The number of hydrogen-bond donors (Lipinski definition) is 0. The lowest BCUT2D eigenvalue weighted by Crippen LogP contribution is -2.25. The third-order valence-electron chi connectivity index (χ3n) is 2.78. The molecule has 2 nitrogen and oxygen atoms in total. The van der Waals surface area contributed by atoms with Gasteiger partial charge in [0.15, 0.2) is 5.78 Å². The summed E-state index contributed by atoms with van der Waals surface area (Å²) in [7, 11) is 0. The zero-order chi connectivity index (χ0) is 10.8. The molecule has 1 heterocycles. The number of Topliss-reactive ketones (excluding diaryl/α,β-unsaturated/α-hetero) is 1. The lowest BCUT2D eigenvalue weighted by Gasteiger charge is -2.27. The van der Waals surface area contributed by atoms with E-state index in [1.165, 1.54) is 0 Å². The van der Waals surface area contributed by atoms with E-state index in [1.807, 2.05) is 37.3 Å². The standard InChI is InChI=1S/C13H14O2/c1-9-8-15-13(10(2)12(9)14)11-6-4-3-5-7-11/h3-8,10,13H,1-2H3/t10-,13-/m1/s1. The molecular weight excluding hydrogens is 188 g/mol. The Bertz CT molecular complexity index is 392. The molecule has 0 fully saturated rings. The van der Waals surface area contributed by atoms with Gasteiger partial charge in [0.2, 0.25) is 0 Å². The average molecular weight is 202 g/mol. The molecule has 0 aliphatic carbocycles. The highest BCUT2D eigenvalue weighted by atomic mass is 16.5. The van der Waals surface area contributed by atoms with Gasteiger partial charge in [-0.1, -0.05) is 37.3 Å². The van der Waals surface area contributed by atoms with Crippen LogP contribution in [0.1, 0.15) is 25.5 Å². The van der Waals surface area contributed by atoms with Crippen LogP contribution < -0.4 is 0 Å². The Morgan fingerprint density at radius 2 is 1.87 bits per heavy atom.